The minimum absolute atomic E-state index is 0.0852. The summed E-state index contributed by atoms with van der Waals surface area (Å²) < 4.78 is -0.961. The Kier molecular flexibility index (Phi) is 6.99. The van der Waals surface area contributed by atoms with Gasteiger partial charge in [0.15, 0.2) is 0 Å². The number of carbonyl (C=O) groups excluding carboxylic acids is 3. The molecule has 9 heteroatoms. The number of hydrogen-bond donors (Lipinski definition) is 3. The first kappa shape index (κ1) is 24.4. The minimum atomic E-state index is -0.634. The Hall–Kier alpha value is -1.77. The second kappa shape index (κ2) is 9.47. The molecule has 0 saturated carbocycles. The summed E-state index contributed by atoms with van der Waals surface area (Å²) >= 11 is 7.66. The fraction of sp³-hybridized carbons (Fsp3) is 0.625. The van der Waals surface area contributed by atoms with E-state index in [0.717, 1.165) is 38.5 Å². The zero-order valence-corrected chi connectivity index (χ0v) is 20.7. The molecule has 3 amide bonds. The van der Waals surface area contributed by atoms with E-state index in [-0.39, 0.29) is 29.1 Å². The summed E-state index contributed by atoms with van der Waals surface area (Å²) in [6.07, 6.45) is 4.77. The van der Waals surface area contributed by atoms with Crippen molar-refractivity contribution in [2.24, 2.45) is 11.8 Å². The van der Waals surface area contributed by atoms with Crippen LogP contribution >= 0.6 is 23.4 Å². The number of hydrogen-bond acceptors (Lipinski definition) is 5. The van der Waals surface area contributed by atoms with Crippen LogP contribution in [0.25, 0.3) is 0 Å². The van der Waals surface area contributed by atoms with Gasteiger partial charge in [-0.2, -0.15) is 0 Å². The van der Waals surface area contributed by atoms with Gasteiger partial charge >= 0.3 is 0 Å². The van der Waals surface area contributed by atoms with E-state index in [1.807, 2.05) is 0 Å². The van der Waals surface area contributed by atoms with Gasteiger partial charge in [-0.25, -0.2) is 0 Å². The highest BCUT2D eigenvalue weighted by atomic mass is 35.5. The molecule has 4 rings (SSSR count). The van der Waals surface area contributed by atoms with Crippen molar-refractivity contribution in [3.05, 3.63) is 29.3 Å². The maximum absolute atomic E-state index is 13.8. The molecule has 1 aromatic rings. The summed E-state index contributed by atoms with van der Waals surface area (Å²) in [5.41, 5.74) is 0.631. The van der Waals surface area contributed by atoms with E-state index in [9.17, 15) is 14.4 Å². The summed E-state index contributed by atoms with van der Waals surface area (Å²) in [5.74, 6) is -1.36. The zero-order chi connectivity index (χ0) is 23.8. The highest BCUT2D eigenvalue weighted by Crippen LogP contribution is 2.71. The van der Waals surface area contributed by atoms with Crippen molar-refractivity contribution in [1.82, 2.24) is 10.2 Å². The number of benzene rings is 1. The number of nitrogens with one attached hydrogen (secondary N) is 2. The summed E-state index contributed by atoms with van der Waals surface area (Å²) in [4.78, 5) is 42.1. The number of fused-ring (bicyclic) bond motifs is 1. The topological polar surface area (TPSA) is 98.7 Å². The van der Waals surface area contributed by atoms with Gasteiger partial charge in [0, 0.05) is 35.7 Å². The first-order valence-electron chi connectivity index (χ1n) is 11.7. The van der Waals surface area contributed by atoms with Crippen LogP contribution in [0, 0.1) is 11.8 Å². The lowest BCUT2D eigenvalue weighted by Crippen LogP contribution is -2.52. The molecular weight excluding hydrogens is 462 g/mol. The largest absolute Gasteiger partial charge is 0.396 e. The highest BCUT2D eigenvalue weighted by Gasteiger charge is 2.76. The number of rotatable bonds is 9. The second-order valence-electron chi connectivity index (χ2n) is 9.51. The molecule has 0 aliphatic carbocycles. The van der Waals surface area contributed by atoms with Crippen molar-refractivity contribution in [2.45, 2.75) is 61.0 Å². The first-order chi connectivity index (χ1) is 15.8. The standard InChI is InChI=1S/C24H32ClN3O4S/c1-23-11-12-24(33-23)18(17(23)20(30)26-2)22(32)28(13-5-3-4-6-14-29)19(24)21(31)27-16-9-7-15(25)8-10-16/h7-10,17-19,29H,3-6,11-14H2,1-2H3,(H,26,30)(H,27,31)/t17-,18+,19?,23+,24?/m1/s1. The number of aliphatic hydroxyl groups is 1. The molecule has 2 unspecified atom stereocenters. The van der Waals surface area contributed by atoms with Crippen LogP contribution in [0.15, 0.2) is 24.3 Å². The fourth-order valence-corrected chi connectivity index (χ4v) is 8.50. The van der Waals surface area contributed by atoms with Gasteiger partial charge in [-0.15, -0.1) is 11.8 Å². The number of amides is 3. The third kappa shape index (κ3) is 4.15. The Morgan fingerprint density at radius 2 is 1.85 bits per heavy atom. The molecule has 33 heavy (non-hydrogen) atoms. The molecule has 3 N–H and O–H groups in total. The normalized spacial score (nSPS) is 32.2. The molecule has 5 atom stereocenters. The molecule has 180 valence electrons. The average molecular weight is 494 g/mol. The van der Waals surface area contributed by atoms with Gasteiger partial charge in [0.1, 0.15) is 6.04 Å². The van der Waals surface area contributed by atoms with Gasteiger partial charge in [0.05, 0.1) is 16.6 Å². The quantitative estimate of drug-likeness (QED) is 0.459. The van der Waals surface area contributed by atoms with E-state index in [1.54, 1.807) is 48.0 Å². The van der Waals surface area contributed by atoms with Crippen LogP contribution in [0.4, 0.5) is 5.69 Å². The van der Waals surface area contributed by atoms with Crippen LogP contribution in [-0.4, -0.2) is 63.5 Å². The Morgan fingerprint density at radius 3 is 2.52 bits per heavy atom. The molecule has 3 saturated heterocycles. The van der Waals surface area contributed by atoms with Crippen molar-refractivity contribution in [3.63, 3.8) is 0 Å². The van der Waals surface area contributed by atoms with Crippen LogP contribution in [0.5, 0.6) is 0 Å². The molecule has 7 nitrogen and oxygen atoms in total. The molecule has 0 aromatic heterocycles. The van der Waals surface area contributed by atoms with E-state index in [0.29, 0.717) is 17.3 Å². The number of likely N-dealkylation sites (tertiary alicyclic amines) is 1. The number of nitrogens with zero attached hydrogens (tertiary/aromatic N) is 1. The number of unbranched alkanes of at least 4 members (excludes halogenated alkanes) is 3. The maximum Gasteiger partial charge on any atom is 0.248 e. The molecular formula is C24H32ClN3O4S. The lowest BCUT2D eigenvalue weighted by molar-refractivity contribution is -0.140. The average Bonchev–Trinajstić information content (AvgIpc) is 3.35. The second-order valence-corrected chi connectivity index (χ2v) is 11.8. The maximum atomic E-state index is 13.8. The monoisotopic (exact) mass is 493 g/mol. The van der Waals surface area contributed by atoms with Gasteiger partial charge in [0.25, 0.3) is 0 Å². The summed E-state index contributed by atoms with van der Waals surface area (Å²) in [6.45, 7) is 2.69. The molecule has 3 fully saturated rings. The number of halogens is 1. The van der Waals surface area contributed by atoms with Crippen molar-refractivity contribution in [3.8, 4) is 0 Å². The van der Waals surface area contributed by atoms with Crippen LogP contribution < -0.4 is 10.6 Å². The lowest BCUT2D eigenvalue weighted by Gasteiger charge is -2.34. The van der Waals surface area contributed by atoms with Gasteiger partial charge in [-0.05, 0) is 56.9 Å². The van der Waals surface area contributed by atoms with Crippen LogP contribution in [0.1, 0.15) is 45.4 Å². The Balaban J connectivity index is 1.64. The Morgan fingerprint density at radius 1 is 1.15 bits per heavy atom. The van der Waals surface area contributed by atoms with E-state index in [4.69, 9.17) is 16.7 Å². The number of thioether (sulfide) groups is 1. The van der Waals surface area contributed by atoms with Crippen molar-refractivity contribution in [2.75, 3.05) is 25.5 Å². The molecule has 3 heterocycles. The highest BCUT2D eigenvalue weighted by molar-refractivity contribution is 8.02. The SMILES string of the molecule is CNC(=O)[C@H]1[C@H]2C(=O)N(CCCCCCO)C(C(=O)Nc3ccc(Cl)cc3)C23CC[C@]1(C)S3. The smallest absolute Gasteiger partial charge is 0.248 e. The minimum Gasteiger partial charge on any atom is -0.396 e. The Bertz CT molecular complexity index is 929. The van der Waals surface area contributed by atoms with E-state index in [1.165, 1.54) is 0 Å². The van der Waals surface area contributed by atoms with Gasteiger partial charge < -0.3 is 20.6 Å². The van der Waals surface area contributed by atoms with Gasteiger partial charge in [-0.1, -0.05) is 24.4 Å². The van der Waals surface area contributed by atoms with Crippen LogP contribution in [0.2, 0.25) is 5.02 Å². The van der Waals surface area contributed by atoms with Crippen molar-refractivity contribution in [1.29, 1.82) is 0 Å². The molecule has 1 aromatic carbocycles. The van der Waals surface area contributed by atoms with Crippen molar-refractivity contribution >= 4 is 46.8 Å². The number of aliphatic hydroxyl groups excluding tert-OH is 1. The molecule has 0 radical (unpaired) electrons. The predicted octanol–water partition coefficient (Wildman–Crippen LogP) is 3.06. The molecule has 3 aliphatic heterocycles. The first-order valence-corrected chi connectivity index (χ1v) is 12.9. The van der Waals surface area contributed by atoms with E-state index < -0.39 is 22.6 Å². The lowest BCUT2D eigenvalue weighted by atomic mass is 9.66. The summed E-state index contributed by atoms with van der Waals surface area (Å²) in [7, 11) is 1.61. The third-order valence-electron chi connectivity index (χ3n) is 7.47. The Labute approximate surface area is 204 Å². The van der Waals surface area contributed by atoms with Gasteiger partial charge in [-0.3, -0.25) is 14.4 Å². The molecule has 1 spiro atoms. The van der Waals surface area contributed by atoms with Gasteiger partial charge in [0.2, 0.25) is 17.7 Å². The van der Waals surface area contributed by atoms with E-state index >= 15 is 0 Å². The fourth-order valence-electron chi connectivity index (χ4n) is 6.01. The zero-order valence-electron chi connectivity index (χ0n) is 19.1. The van der Waals surface area contributed by atoms with Crippen LogP contribution in [-0.2, 0) is 14.4 Å². The summed E-state index contributed by atoms with van der Waals surface area (Å²) in [6, 6.07) is 6.30. The predicted molar refractivity (Wildman–Crippen MR) is 130 cm³/mol. The molecule has 2 bridgehead atoms. The number of anilines is 1. The third-order valence-corrected chi connectivity index (χ3v) is 9.71. The molecule has 3 aliphatic rings. The summed E-state index contributed by atoms with van der Waals surface area (Å²) in [5, 5.41) is 15.4. The van der Waals surface area contributed by atoms with Crippen LogP contribution in [0.3, 0.4) is 0 Å². The number of carbonyl (C=O) groups is 3. The van der Waals surface area contributed by atoms with E-state index in [2.05, 4.69) is 17.6 Å². The van der Waals surface area contributed by atoms with Crippen molar-refractivity contribution < 1.29 is 19.5 Å².